The molecule has 0 aromatic heterocycles. The Bertz CT molecular complexity index is 690. The predicted octanol–water partition coefficient (Wildman–Crippen LogP) is 0.639. The van der Waals surface area contributed by atoms with Crippen LogP contribution in [0.2, 0.25) is 0 Å². The van der Waals surface area contributed by atoms with Crippen molar-refractivity contribution in [2.24, 2.45) is 0 Å². The second-order valence-electron chi connectivity index (χ2n) is 5.44. The Morgan fingerprint density at radius 2 is 1.91 bits per heavy atom. The summed E-state index contributed by atoms with van der Waals surface area (Å²) in [6, 6.07) is 3.36. The molecule has 7 nitrogen and oxygen atoms in total. The van der Waals surface area contributed by atoms with E-state index >= 15 is 0 Å². The lowest BCUT2D eigenvalue weighted by Crippen LogP contribution is -2.49. The van der Waals surface area contributed by atoms with Gasteiger partial charge in [0.05, 0.1) is 11.5 Å². The maximum Gasteiger partial charge on any atom is 0.315 e. The van der Waals surface area contributed by atoms with Gasteiger partial charge in [-0.2, -0.15) is 0 Å². The number of nitrogens with one attached hydrogen (secondary N) is 3. The van der Waals surface area contributed by atoms with Crippen molar-refractivity contribution in [1.29, 1.82) is 0 Å². The van der Waals surface area contributed by atoms with Crippen molar-refractivity contribution in [1.82, 2.24) is 10.6 Å². The largest absolute Gasteiger partial charge is 0.334 e. The van der Waals surface area contributed by atoms with Crippen molar-refractivity contribution >= 4 is 27.5 Å². The van der Waals surface area contributed by atoms with Crippen molar-refractivity contribution in [3.63, 3.8) is 0 Å². The van der Waals surface area contributed by atoms with Gasteiger partial charge in [0.1, 0.15) is 11.9 Å². The van der Waals surface area contributed by atoms with Gasteiger partial charge in [-0.3, -0.25) is 4.79 Å². The Morgan fingerprint density at radius 1 is 1.26 bits per heavy atom. The van der Waals surface area contributed by atoms with E-state index in [2.05, 4.69) is 16.0 Å². The molecule has 1 saturated heterocycles. The van der Waals surface area contributed by atoms with Gasteiger partial charge in [0.2, 0.25) is 5.91 Å². The minimum atomic E-state index is -3.08. The van der Waals surface area contributed by atoms with Crippen molar-refractivity contribution in [2.45, 2.75) is 25.4 Å². The third-order valence-corrected chi connectivity index (χ3v) is 5.19. The first-order chi connectivity index (χ1) is 10.7. The van der Waals surface area contributed by atoms with Gasteiger partial charge < -0.3 is 16.0 Å². The molecule has 3 N–H and O–H groups in total. The van der Waals surface area contributed by atoms with E-state index in [1.807, 2.05) is 0 Å². The SMILES string of the molecule is C[C@H](NC(=O)NC1CCS(=O)(=O)C1)C(=O)Nc1ccc(F)cc1. The van der Waals surface area contributed by atoms with Gasteiger partial charge in [0, 0.05) is 11.7 Å². The van der Waals surface area contributed by atoms with E-state index in [1.54, 1.807) is 0 Å². The molecule has 1 aromatic rings. The molecule has 0 radical (unpaired) electrons. The number of hydrogen-bond donors (Lipinski definition) is 3. The molecule has 126 valence electrons. The normalized spacial score (nSPS) is 20.5. The van der Waals surface area contributed by atoms with Crippen LogP contribution in [-0.4, -0.2) is 43.9 Å². The second-order valence-corrected chi connectivity index (χ2v) is 7.66. The van der Waals surface area contributed by atoms with E-state index in [0.29, 0.717) is 12.1 Å². The van der Waals surface area contributed by atoms with Crippen LogP contribution in [0.5, 0.6) is 0 Å². The highest BCUT2D eigenvalue weighted by Gasteiger charge is 2.29. The zero-order valence-electron chi connectivity index (χ0n) is 12.5. The monoisotopic (exact) mass is 343 g/mol. The Morgan fingerprint density at radius 3 is 2.48 bits per heavy atom. The number of urea groups is 1. The van der Waals surface area contributed by atoms with Gasteiger partial charge in [-0.05, 0) is 37.6 Å². The molecule has 3 amide bonds. The summed E-state index contributed by atoms with van der Waals surface area (Å²) in [4.78, 5) is 23.7. The lowest BCUT2D eigenvalue weighted by atomic mass is 10.2. The number of carbonyl (C=O) groups is 2. The average molecular weight is 343 g/mol. The molecule has 1 aliphatic rings. The number of benzene rings is 1. The third kappa shape index (κ3) is 5.20. The fourth-order valence-electron chi connectivity index (χ4n) is 2.18. The van der Waals surface area contributed by atoms with E-state index in [9.17, 15) is 22.4 Å². The van der Waals surface area contributed by atoms with Crippen molar-refractivity contribution in [2.75, 3.05) is 16.8 Å². The molecule has 23 heavy (non-hydrogen) atoms. The van der Waals surface area contributed by atoms with Crippen LogP contribution in [0.3, 0.4) is 0 Å². The highest BCUT2D eigenvalue weighted by atomic mass is 32.2. The Labute approximate surface area is 133 Å². The minimum absolute atomic E-state index is 0.0541. The summed E-state index contributed by atoms with van der Waals surface area (Å²) in [6.45, 7) is 1.49. The first-order valence-electron chi connectivity index (χ1n) is 7.09. The maximum absolute atomic E-state index is 12.8. The number of hydrogen-bond acceptors (Lipinski definition) is 4. The van der Waals surface area contributed by atoms with Gasteiger partial charge in [-0.1, -0.05) is 0 Å². The molecule has 0 aliphatic carbocycles. The number of halogens is 1. The van der Waals surface area contributed by atoms with Crippen molar-refractivity contribution in [3.05, 3.63) is 30.1 Å². The molecular weight excluding hydrogens is 325 g/mol. The van der Waals surface area contributed by atoms with Crippen LogP contribution < -0.4 is 16.0 Å². The van der Waals surface area contributed by atoms with Crippen LogP contribution in [0.25, 0.3) is 0 Å². The summed E-state index contributed by atoms with van der Waals surface area (Å²) in [5.74, 6) is -0.916. The van der Waals surface area contributed by atoms with Gasteiger partial charge in [-0.25, -0.2) is 17.6 Å². The number of anilines is 1. The molecule has 1 aromatic carbocycles. The van der Waals surface area contributed by atoms with Gasteiger partial charge in [0.25, 0.3) is 0 Å². The number of rotatable bonds is 4. The molecule has 1 unspecified atom stereocenters. The third-order valence-electron chi connectivity index (χ3n) is 3.42. The van der Waals surface area contributed by atoms with Crippen molar-refractivity contribution in [3.8, 4) is 0 Å². The Hall–Kier alpha value is -2.16. The van der Waals surface area contributed by atoms with E-state index in [-0.39, 0.29) is 11.5 Å². The smallest absolute Gasteiger partial charge is 0.315 e. The lowest BCUT2D eigenvalue weighted by molar-refractivity contribution is -0.117. The summed E-state index contributed by atoms with van der Waals surface area (Å²) in [7, 11) is -3.08. The van der Waals surface area contributed by atoms with Crippen LogP contribution in [0, 0.1) is 5.82 Å². The summed E-state index contributed by atoms with van der Waals surface area (Å²) in [5, 5.41) is 7.50. The van der Waals surface area contributed by atoms with Gasteiger partial charge >= 0.3 is 6.03 Å². The average Bonchev–Trinajstić information content (AvgIpc) is 2.80. The molecule has 9 heteroatoms. The Kier molecular flexibility index (Phi) is 5.19. The van der Waals surface area contributed by atoms with Crippen LogP contribution >= 0.6 is 0 Å². The summed E-state index contributed by atoms with van der Waals surface area (Å²) in [6.07, 6.45) is 0.367. The molecule has 2 atom stereocenters. The first-order valence-corrected chi connectivity index (χ1v) is 8.91. The van der Waals surface area contributed by atoms with Crippen LogP contribution in [0.1, 0.15) is 13.3 Å². The number of carbonyl (C=O) groups excluding carboxylic acids is 2. The molecule has 0 bridgehead atoms. The highest BCUT2D eigenvalue weighted by molar-refractivity contribution is 7.91. The fraction of sp³-hybridized carbons (Fsp3) is 0.429. The van der Waals surface area contributed by atoms with E-state index in [1.165, 1.54) is 31.2 Å². The summed E-state index contributed by atoms with van der Waals surface area (Å²) in [5.41, 5.74) is 0.410. The summed E-state index contributed by atoms with van der Waals surface area (Å²) >= 11 is 0. The summed E-state index contributed by atoms with van der Waals surface area (Å²) < 4.78 is 35.4. The molecule has 0 saturated carbocycles. The van der Waals surface area contributed by atoms with E-state index in [4.69, 9.17) is 0 Å². The number of sulfone groups is 1. The predicted molar refractivity (Wildman–Crippen MR) is 83.2 cm³/mol. The number of amides is 3. The Balaban J connectivity index is 1.81. The fourth-order valence-corrected chi connectivity index (χ4v) is 3.86. The molecular formula is C14H18FN3O4S. The lowest BCUT2D eigenvalue weighted by Gasteiger charge is -2.17. The molecule has 1 fully saturated rings. The maximum atomic E-state index is 12.8. The van der Waals surface area contributed by atoms with Crippen LogP contribution in [0.4, 0.5) is 14.9 Å². The quantitative estimate of drug-likeness (QED) is 0.746. The highest BCUT2D eigenvalue weighted by Crippen LogP contribution is 2.11. The molecule has 0 spiro atoms. The first kappa shape index (κ1) is 17.2. The minimum Gasteiger partial charge on any atom is -0.334 e. The van der Waals surface area contributed by atoms with Crippen molar-refractivity contribution < 1.29 is 22.4 Å². The molecule has 1 aliphatic heterocycles. The molecule has 1 heterocycles. The van der Waals surface area contributed by atoms with E-state index < -0.39 is 39.7 Å². The topological polar surface area (TPSA) is 104 Å². The van der Waals surface area contributed by atoms with Crippen LogP contribution in [-0.2, 0) is 14.6 Å². The zero-order valence-corrected chi connectivity index (χ0v) is 13.3. The van der Waals surface area contributed by atoms with E-state index in [0.717, 1.165) is 0 Å². The second kappa shape index (κ2) is 6.95. The molecule has 2 rings (SSSR count). The van der Waals surface area contributed by atoms with Gasteiger partial charge in [0.15, 0.2) is 9.84 Å². The standard InChI is InChI=1S/C14H18FN3O4S/c1-9(13(19)17-11-4-2-10(15)3-5-11)16-14(20)18-12-6-7-23(21,22)8-12/h2-5,9,12H,6-8H2,1H3,(H,17,19)(H2,16,18,20)/t9-,12?/m0/s1. The van der Waals surface area contributed by atoms with Gasteiger partial charge in [-0.15, -0.1) is 0 Å². The van der Waals surface area contributed by atoms with Crippen LogP contribution in [0.15, 0.2) is 24.3 Å². The zero-order chi connectivity index (χ0) is 17.0.